The summed E-state index contributed by atoms with van der Waals surface area (Å²) in [4.78, 5) is 12.5. The molecule has 1 saturated heterocycles. The van der Waals surface area contributed by atoms with Crippen LogP contribution in [-0.4, -0.2) is 37.2 Å². The minimum absolute atomic E-state index is 0.135. The largest absolute Gasteiger partial charge is 0.496 e. The molecule has 1 aromatic rings. The molecular formula is C22H25BO6. The molecule has 0 bridgehead atoms. The van der Waals surface area contributed by atoms with Crippen molar-refractivity contribution in [1.29, 1.82) is 0 Å². The van der Waals surface area contributed by atoms with Crippen LogP contribution in [0.5, 0.6) is 11.5 Å². The molecular weight excluding hydrogens is 371 g/mol. The molecule has 7 heteroatoms. The van der Waals surface area contributed by atoms with Crippen molar-refractivity contribution < 1.29 is 28.3 Å². The number of hydrogen-bond donors (Lipinski definition) is 0. The van der Waals surface area contributed by atoms with Crippen molar-refractivity contribution in [2.45, 2.75) is 57.5 Å². The number of carbonyl (C=O) groups is 1. The van der Waals surface area contributed by atoms with Gasteiger partial charge in [-0.1, -0.05) is 19.0 Å². The van der Waals surface area contributed by atoms with Crippen LogP contribution >= 0.6 is 0 Å². The van der Waals surface area contributed by atoms with Crippen molar-refractivity contribution in [2.75, 3.05) is 7.11 Å². The molecule has 4 unspecified atom stereocenters. The Morgan fingerprint density at radius 1 is 1.17 bits per heavy atom. The van der Waals surface area contributed by atoms with Gasteiger partial charge in [0.15, 0.2) is 0 Å². The molecule has 29 heavy (non-hydrogen) atoms. The molecule has 1 spiro atoms. The van der Waals surface area contributed by atoms with Crippen molar-refractivity contribution in [1.82, 2.24) is 0 Å². The first-order valence-corrected chi connectivity index (χ1v) is 10.3. The van der Waals surface area contributed by atoms with E-state index in [0.29, 0.717) is 28.4 Å². The molecule has 2 aliphatic heterocycles. The van der Waals surface area contributed by atoms with Gasteiger partial charge >= 0.3 is 13.1 Å². The number of esters is 1. The third-order valence-corrected chi connectivity index (χ3v) is 8.33. The van der Waals surface area contributed by atoms with Crippen LogP contribution in [-0.2, 0) is 14.0 Å². The normalized spacial score (nSPS) is 42.5. The highest BCUT2D eigenvalue weighted by Crippen LogP contribution is 2.87. The molecule has 2 heterocycles. The summed E-state index contributed by atoms with van der Waals surface area (Å²) in [6.45, 7) is 7.99. The Balaban J connectivity index is 1.32. The minimum atomic E-state index is -1.04. The lowest BCUT2D eigenvalue weighted by atomic mass is 9.21. The highest BCUT2D eigenvalue weighted by atomic mass is 16.7. The third kappa shape index (κ3) is 1.81. The second-order valence-electron chi connectivity index (χ2n) is 9.82. The van der Waals surface area contributed by atoms with Gasteiger partial charge in [0, 0.05) is 24.8 Å². The first kappa shape index (κ1) is 17.8. The molecule has 5 atom stereocenters. The quantitative estimate of drug-likeness (QED) is 0.575. The highest BCUT2D eigenvalue weighted by Gasteiger charge is 2.93. The van der Waals surface area contributed by atoms with E-state index in [1.165, 1.54) is 13.5 Å². The summed E-state index contributed by atoms with van der Waals surface area (Å²) in [5.74, 6) is 2.71. The van der Waals surface area contributed by atoms with Crippen LogP contribution in [0.3, 0.4) is 0 Å². The topological polar surface area (TPSA) is 63.2 Å². The fourth-order valence-corrected chi connectivity index (χ4v) is 6.90. The number of benzene rings is 1. The van der Waals surface area contributed by atoms with E-state index in [9.17, 15) is 4.79 Å². The van der Waals surface area contributed by atoms with Crippen LogP contribution in [0, 0.1) is 17.3 Å². The van der Waals surface area contributed by atoms with Gasteiger partial charge in [-0.2, -0.15) is 0 Å². The van der Waals surface area contributed by atoms with E-state index >= 15 is 0 Å². The number of methoxy groups -OCH3 is 1. The average molecular weight is 396 g/mol. The van der Waals surface area contributed by atoms with Crippen molar-refractivity contribution in [3.8, 4) is 11.5 Å². The molecule has 0 N–H and O–H groups in total. The molecule has 1 aromatic carbocycles. The maximum absolute atomic E-state index is 12.5. The smallest absolute Gasteiger partial charge is 0.487 e. The summed E-state index contributed by atoms with van der Waals surface area (Å²) in [6, 6.07) is 3.62. The Kier molecular flexibility index (Phi) is 3.08. The van der Waals surface area contributed by atoms with Crippen LogP contribution < -0.4 is 9.47 Å². The fourth-order valence-electron chi connectivity index (χ4n) is 6.90. The Morgan fingerprint density at radius 3 is 2.62 bits per heavy atom. The van der Waals surface area contributed by atoms with Crippen LogP contribution in [0.4, 0.5) is 0 Å². The first-order chi connectivity index (χ1) is 13.7. The summed E-state index contributed by atoms with van der Waals surface area (Å²) in [5, 5.41) is 0. The summed E-state index contributed by atoms with van der Waals surface area (Å²) < 4.78 is 29.6. The Morgan fingerprint density at radius 2 is 1.97 bits per heavy atom. The zero-order valence-electron chi connectivity index (χ0n) is 17.4. The van der Waals surface area contributed by atoms with Crippen molar-refractivity contribution in [3.63, 3.8) is 0 Å². The Bertz CT molecular complexity index is 988. The first-order valence-electron chi connectivity index (χ1n) is 10.3. The molecule has 0 aromatic heterocycles. The van der Waals surface area contributed by atoms with Gasteiger partial charge in [0.05, 0.1) is 18.3 Å². The standard InChI is InChI=1S/C22H25BO6/c1-19(2)26-17-12(6-7-14(25-5)16(17)18(24)27-19)8-9-23-28-21(4)15-10-13-11-22(21,29-23)20(13,15)3/h6-9,13,15H,10-11H2,1-5H3/b9-8-/t13?,15?,20?,21-,22?/m0/s1. The maximum atomic E-state index is 12.5. The molecule has 6 rings (SSSR count). The fraction of sp³-hybridized carbons (Fsp3) is 0.591. The summed E-state index contributed by atoms with van der Waals surface area (Å²) in [6.07, 6.45) is 4.26. The molecule has 5 aliphatic rings. The number of carbonyl (C=O) groups excluding carboxylic acids is 1. The average Bonchev–Trinajstić information content (AvgIpc) is 2.97. The molecule has 0 amide bonds. The second-order valence-corrected chi connectivity index (χ2v) is 9.82. The molecule has 3 aliphatic carbocycles. The highest BCUT2D eigenvalue weighted by molar-refractivity contribution is 6.52. The van der Waals surface area contributed by atoms with E-state index in [1.54, 1.807) is 19.9 Å². The van der Waals surface area contributed by atoms with Crippen LogP contribution in [0.25, 0.3) is 6.08 Å². The third-order valence-electron chi connectivity index (χ3n) is 8.33. The zero-order chi connectivity index (χ0) is 20.4. The molecule has 152 valence electrons. The van der Waals surface area contributed by atoms with E-state index in [1.807, 2.05) is 18.1 Å². The van der Waals surface area contributed by atoms with Gasteiger partial charge in [0.2, 0.25) is 5.79 Å². The molecule has 6 nitrogen and oxygen atoms in total. The van der Waals surface area contributed by atoms with Crippen molar-refractivity contribution in [3.05, 3.63) is 29.2 Å². The predicted octanol–water partition coefficient (Wildman–Crippen LogP) is 3.63. The lowest BCUT2D eigenvalue weighted by Crippen LogP contribution is -2.92. The maximum Gasteiger partial charge on any atom is 0.487 e. The Labute approximate surface area is 170 Å². The lowest BCUT2D eigenvalue weighted by Gasteiger charge is -2.87. The van der Waals surface area contributed by atoms with E-state index in [0.717, 1.165) is 17.9 Å². The summed E-state index contributed by atoms with van der Waals surface area (Å²) >= 11 is 0. The molecule has 0 radical (unpaired) electrons. The second kappa shape index (κ2) is 5.01. The van der Waals surface area contributed by atoms with Gasteiger partial charge < -0.3 is 23.5 Å². The van der Waals surface area contributed by atoms with Crippen molar-refractivity contribution in [2.24, 2.45) is 17.3 Å². The monoisotopic (exact) mass is 396 g/mol. The van der Waals surface area contributed by atoms with Gasteiger partial charge in [0.1, 0.15) is 17.1 Å². The SMILES string of the molecule is COc1ccc(/C=C\B2OC34CC5CC(C53C)[C@]4(C)O2)c2c1C(=O)OC(C)(C)O2. The van der Waals surface area contributed by atoms with E-state index in [-0.39, 0.29) is 11.2 Å². The number of cyclic esters (lactones) is 1. The van der Waals surface area contributed by atoms with E-state index in [2.05, 4.69) is 13.8 Å². The minimum Gasteiger partial charge on any atom is -0.496 e. The predicted molar refractivity (Wildman–Crippen MR) is 106 cm³/mol. The van der Waals surface area contributed by atoms with Crippen LogP contribution in [0.15, 0.2) is 18.1 Å². The van der Waals surface area contributed by atoms with E-state index < -0.39 is 18.9 Å². The number of hydrogen-bond acceptors (Lipinski definition) is 6. The van der Waals surface area contributed by atoms with Gasteiger partial charge in [-0.25, -0.2) is 4.79 Å². The van der Waals surface area contributed by atoms with E-state index in [4.69, 9.17) is 23.5 Å². The van der Waals surface area contributed by atoms with Gasteiger partial charge in [-0.05, 0) is 43.7 Å². The Hall–Kier alpha value is -1.99. The van der Waals surface area contributed by atoms with Gasteiger partial charge in [0.25, 0.3) is 0 Å². The van der Waals surface area contributed by atoms with Crippen LogP contribution in [0.2, 0.25) is 0 Å². The number of ether oxygens (including phenoxy) is 3. The van der Waals surface area contributed by atoms with Gasteiger partial charge in [-0.3, -0.25) is 0 Å². The zero-order valence-corrected chi connectivity index (χ0v) is 17.4. The molecule has 4 fully saturated rings. The van der Waals surface area contributed by atoms with Gasteiger partial charge in [-0.15, -0.1) is 0 Å². The number of rotatable bonds is 3. The number of fused-ring (bicyclic) bond motifs is 2. The van der Waals surface area contributed by atoms with Crippen molar-refractivity contribution >= 4 is 19.2 Å². The lowest BCUT2D eigenvalue weighted by molar-refractivity contribution is -0.429. The van der Waals surface area contributed by atoms with Crippen LogP contribution in [0.1, 0.15) is 56.5 Å². The summed E-state index contributed by atoms with van der Waals surface area (Å²) in [7, 11) is 1.12. The summed E-state index contributed by atoms with van der Waals surface area (Å²) in [5.41, 5.74) is 1.04. The molecule has 3 saturated carbocycles.